The first kappa shape index (κ1) is 13.4. The molecule has 0 aromatic carbocycles. The second-order valence-corrected chi connectivity index (χ2v) is 3.57. The van der Waals surface area contributed by atoms with E-state index >= 15 is 0 Å². The minimum Gasteiger partial charge on any atom is -0.466 e. The van der Waals surface area contributed by atoms with Crippen LogP contribution in [0.4, 0.5) is 0 Å². The Kier molecular flexibility index (Phi) is 5.35. The van der Waals surface area contributed by atoms with Gasteiger partial charge in [0.1, 0.15) is 0 Å². The van der Waals surface area contributed by atoms with Crippen molar-refractivity contribution in [3.63, 3.8) is 0 Å². The molecule has 0 saturated heterocycles. The third-order valence-corrected chi connectivity index (χ3v) is 2.15. The number of nitrogens with zero attached hydrogens (tertiary/aromatic N) is 2. The molecular weight excluding hydrogens is 222 g/mol. The molecule has 0 aliphatic heterocycles. The molecule has 0 amide bonds. The number of hydrogen-bond acceptors (Lipinski definition) is 6. The van der Waals surface area contributed by atoms with Crippen molar-refractivity contribution >= 4 is 5.97 Å². The van der Waals surface area contributed by atoms with Crippen LogP contribution in [0.5, 0.6) is 0 Å². The van der Waals surface area contributed by atoms with Crippen LogP contribution >= 0.6 is 0 Å². The molecule has 6 nitrogen and oxygen atoms in total. The summed E-state index contributed by atoms with van der Waals surface area (Å²) < 4.78 is 9.53. The summed E-state index contributed by atoms with van der Waals surface area (Å²) in [5, 5.41) is 6.83. The van der Waals surface area contributed by atoms with Gasteiger partial charge < -0.3 is 14.6 Å². The van der Waals surface area contributed by atoms with Crippen LogP contribution in [0.25, 0.3) is 0 Å². The first-order valence-corrected chi connectivity index (χ1v) is 5.38. The number of esters is 1. The van der Waals surface area contributed by atoms with E-state index in [0.717, 1.165) is 0 Å². The molecule has 0 fully saturated rings. The van der Waals surface area contributed by atoms with Crippen molar-refractivity contribution in [3.8, 4) is 0 Å². The van der Waals surface area contributed by atoms with Crippen LogP contribution in [0, 0.1) is 6.92 Å². The largest absolute Gasteiger partial charge is 0.466 e. The number of nitrogens with one attached hydrogen (secondary N) is 1. The molecule has 1 rings (SSSR count). The maximum Gasteiger partial charge on any atom is 0.333 e. The highest BCUT2D eigenvalue weighted by molar-refractivity contribution is 5.87. The first-order chi connectivity index (χ1) is 8.13. The molecule has 1 aromatic heterocycles. The van der Waals surface area contributed by atoms with Crippen molar-refractivity contribution < 1.29 is 14.1 Å². The second kappa shape index (κ2) is 6.80. The fourth-order valence-corrected chi connectivity index (χ4v) is 1.21. The number of methoxy groups -OCH3 is 1. The van der Waals surface area contributed by atoms with Gasteiger partial charge in [-0.3, -0.25) is 0 Å². The standard InChI is InChI=1S/C11H17N3O3/c1-8(11(15)16-3)4-6-12-7-5-10-13-9(2)14-17-10/h4,12H,5-7H2,1-3H3. The van der Waals surface area contributed by atoms with Crippen LogP contribution in [0.15, 0.2) is 16.2 Å². The van der Waals surface area contributed by atoms with Gasteiger partial charge in [0, 0.05) is 25.1 Å². The van der Waals surface area contributed by atoms with Crippen LogP contribution in [0.3, 0.4) is 0 Å². The Morgan fingerprint density at radius 3 is 2.94 bits per heavy atom. The highest BCUT2D eigenvalue weighted by Crippen LogP contribution is 1.96. The topological polar surface area (TPSA) is 77.2 Å². The number of aryl methyl sites for hydroxylation is 1. The summed E-state index contributed by atoms with van der Waals surface area (Å²) in [6, 6.07) is 0. The Balaban J connectivity index is 2.18. The Hall–Kier alpha value is -1.69. The van der Waals surface area contributed by atoms with Crippen LogP contribution < -0.4 is 5.32 Å². The Bertz CT molecular complexity index is 398. The number of carbonyl (C=O) groups is 1. The van der Waals surface area contributed by atoms with Gasteiger partial charge in [0.15, 0.2) is 5.82 Å². The van der Waals surface area contributed by atoms with Crippen LogP contribution in [0.2, 0.25) is 0 Å². The molecule has 0 aliphatic carbocycles. The third-order valence-electron chi connectivity index (χ3n) is 2.15. The van der Waals surface area contributed by atoms with Gasteiger partial charge >= 0.3 is 5.97 Å². The van der Waals surface area contributed by atoms with Gasteiger partial charge in [-0.05, 0) is 13.8 Å². The van der Waals surface area contributed by atoms with E-state index in [1.54, 1.807) is 19.9 Å². The van der Waals surface area contributed by atoms with E-state index in [2.05, 4.69) is 20.2 Å². The summed E-state index contributed by atoms with van der Waals surface area (Å²) in [7, 11) is 1.37. The zero-order valence-electron chi connectivity index (χ0n) is 10.3. The molecule has 1 N–H and O–H groups in total. The lowest BCUT2D eigenvalue weighted by atomic mass is 10.3. The van der Waals surface area contributed by atoms with E-state index in [9.17, 15) is 4.79 Å². The molecule has 0 atom stereocenters. The minimum absolute atomic E-state index is 0.306. The van der Waals surface area contributed by atoms with Crippen molar-refractivity contribution in [2.75, 3.05) is 20.2 Å². The maximum atomic E-state index is 11.0. The van der Waals surface area contributed by atoms with Crippen molar-refractivity contribution in [2.24, 2.45) is 0 Å². The molecule has 6 heteroatoms. The van der Waals surface area contributed by atoms with Crippen LogP contribution in [0.1, 0.15) is 18.6 Å². The zero-order chi connectivity index (χ0) is 12.7. The predicted octanol–water partition coefficient (Wildman–Crippen LogP) is 0.629. The zero-order valence-corrected chi connectivity index (χ0v) is 10.3. The molecule has 0 saturated carbocycles. The SMILES string of the molecule is COC(=O)C(C)=CCNCCc1nc(C)no1. The lowest BCUT2D eigenvalue weighted by molar-refractivity contribution is -0.136. The molecule has 17 heavy (non-hydrogen) atoms. The van der Waals surface area contributed by atoms with Gasteiger partial charge in [0.2, 0.25) is 5.89 Å². The summed E-state index contributed by atoms with van der Waals surface area (Å²) in [5.41, 5.74) is 0.591. The maximum absolute atomic E-state index is 11.0. The van der Waals surface area contributed by atoms with Crippen molar-refractivity contribution in [1.82, 2.24) is 15.5 Å². The molecule has 1 heterocycles. The molecule has 1 aromatic rings. The number of ether oxygens (including phenoxy) is 1. The van der Waals surface area contributed by atoms with E-state index in [1.807, 2.05) is 0 Å². The fraction of sp³-hybridized carbons (Fsp3) is 0.545. The third kappa shape index (κ3) is 4.78. The number of carbonyl (C=O) groups excluding carboxylic acids is 1. The van der Waals surface area contributed by atoms with Gasteiger partial charge in [-0.2, -0.15) is 4.98 Å². The van der Waals surface area contributed by atoms with E-state index < -0.39 is 0 Å². The second-order valence-electron chi connectivity index (χ2n) is 3.57. The molecule has 0 bridgehead atoms. The fourth-order valence-electron chi connectivity index (χ4n) is 1.21. The normalized spacial score (nSPS) is 11.6. The lowest BCUT2D eigenvalue weighted by Crippen LogP contribution is -2.18. The van der Waals surface area contributed by atoms with Gasteiger partial charge in [-0.1, -0.05) is 11.2 Å². The smallest absolute Gasteiger partial charge is 0.333 e. The molecule has 0 aliphatic rings. The number of hydrogen-bond donors (Lipinski definition) is 1. The number of rotatable bonds is 6. The average Bonchev–Trinajstić information content (AvgIpc) is 2.73. The average molecular weight is 239 g/mol. The Morgan fingerprint density at radius 2 is 2.35 bits per heavy atom. The molecule has 0 radical (unpaired) electrons. The Morgan fingerprint density at radius 1 is 1.59 bits per heavy atom. The van der Waals surface area contributed by atoms with Crippen LogP contribution in [-0.4, -0.2) is 36.3 Å². The monoisotopic (exact) mass is 239 g/mol. The van der Waals surface area contributed by atoms with E-state index in [0.29, 0.717) is 36.8 Å². The molecule has 0 spiro atoms. The first-order valence-electron chi connectivity index (χ1n) is 5.38. The summed E-state index contributed by atoms with van der Waals surface area (Å²) in [4.78, 5) is 15.1. The van der Waals surface area contributed by atoms with Gasteiger partial charge in [-0.25, -0.2) is 4.79 Å². The van der Waals surface area contributed by atoms with Crippen molar-refractivity contribution in [1.29, 1.82) is 0 Å². The highest BCUT2D eigenvalue weighted by atomic mass is 16.5. The van der Waals surface area contributed by atoms with E-state index in [4.69, 9.17) is 4.52 Å². The summed E-state index contributed by atoms with van der Waals surface area (Å²) in [5.74, 6) is 0.949. The van der Waals surface area contributed by atoms with Gasteiger partial charge in [0.05, 0.1) is 7.11 Å². The number of aromatic nitrogens is 2. The molecule has 0 unspecified atom stereocenters. The Labute approximate surface area is 100 Å². The van der Waals surface area contributed by atoms with Gasteiger partial charge in [-0.15, -0.1) is 0 Å². The highest BCUT2D eigenvalue weighted by Gasteiger charge is 2.02. The molecule has 94 valence electrons. The van der Waals surface area contributed by atoms with E-state index in [-0.39, 0.29) is 5.97 Å². The molecular formula is C11H17N3O3. The summed E-state index contributed by atoms with van der Waals surface area (Å²) in [6.45, 7) is 4.82. The summed E-state index contributed by atoms with van der Waals surface area (Å²) in [6.07, 6.45) is 2.46. The van der Waals surface area contributed by atoms with Gasteiger partial charge in [0.25, 0.3) is 0 Å². The van der Waals surface area contributed by atoms with Crippen molar-refractivity contribution in [2.45, 2.75) is 20.3 Å². The van der Waals surface area contributed by atoms with Crippen molar-refractivity contribution in [3.05, 3.63) is 23.4 Å². The minimum atomic E-state index is -0.306. The quantitative estimate of drug-likeness (QED) is 0.445. The summed E-state index contributed by atoms with van der Waals surface area (Å²) >= 11 is 0. The lowest BCUT2D eigenvalue weighted by Gasteiger charge is -2.00. The van der Waals surface area contributed by atoms with Crippen LogP contribution in [-0.2, 0) is 16.0 Å². The van der Waals surface area contributed by atoms with E-state index in [1.165, 1.54) is 7.11 Å². The predicted molar refractivity (Wildman–Crippen MR) is 61.4 cm³/mol.